The lowest BCUT2D eigenvalue weighted by molar-refractivity contribution is -0.244. The first-order valence-corrected chi connectivity index (χ1v) is 14.4. The van der Waals surface area contributed by atoms with Gasteiger partial charge in [-0.15, -0.1) is 0 Å². The number of rotatable bonds is 22. The molecule has 2 nitrogen and oxygen atoms in total. The van der Waals surface area contributed by atoms with Gasteiger partial charge in [0.25, 0.3) is 0 Å². The lowest BCUT2D eigenvalue weighted by Crippen LogP contribution is -2.41. The van der Waals surface area contributed by atoms with Crippen molar-refractivity contribution < 1.29 is 31.4 Å². The van der Waals surface area contributed by atoms with Crippen molar-refractivity contribution in [1.29, 1.82) is 0 Å². The van der Waals surface area contributed by atoms with Crippen molar-refractivity contribution in [2.75, 3.05) is 14.2 Å². The third-order valence-electron chi connectivity index (χ3n) is 7.74. The van der Waals surface area contributed by atoms with Gasteiger partial charge < -0.3 is 9.47 Å². The molecular weight excluding hydrogens is 487 g/mol. The van der Waals surface area contributed by atoms with E-state index in [4.69, 9.17) is 9.47 Å². The molecule has 0 saturated carbocycles. The number of hydrogen-bond acceptors (Lipinski definition) is 2. The lowest BCUT2D eigenvalue weighted by Gasteiger charge is -2.38. The molecule has 0 spiro atoms. The highest BCUT2D eigenvalue weighted by atomic mass is 19.2. The van der Waals surface area contributed by atoms with Gasteiger partial charge in [-0.05, 0) is 32.1 Å². The van der Waals surface area contributed by atoms with E-state index in [1.165, 1.54) is 38.5 Å². The molecule has 0 aliphatic rings. The number of ether oxygens (including phenoxy) is 2. The summed E-state index contributed by atoms with van der Waals surface area (Å²) in [6.45, 7) is 4.35. The average molecular weight is 537 g/mol. The van der Waals surface area contributed by atoms with Crippen LogP contribution in [0, 0.1) is 35.0 Å². The summed E-state index contributed by atoms with van der Waals surface area (Å²) in [5, 5.41) is 0. The summed E-state index contributed by atoms with van der Waals surface area (Å²) in [6, 6.07) is 0. The molecule has 0 saturated heterocycles. The molecule has 1 aromatic rings. The number of methoxy groups -OCH3 is 2. The number of hydrogen-bond donors (Lipinski definition) is 0. The van der Waals surface area contributed by atoms with Gasteiger partial charge in [-0.3, -0.25) is 0 Å². The largest absolute Gasteiger partial charge is 0.353 e. The summed E-state index contributed by atoms with van der Waals surface area (Å²) in [5.74, 6) is -9.39. The fourth-order valence-electron chi connectivity index (χ4n) is 5.37. The maximum Gasteiger partial charge on any atom is 0.200 e. The topological polar surface area (TPSA) is 18.5 Å². The summed E-state index contributed by atoms with van der Waals surface area (Å²) in [5.41, 5.74) is -0.706. The minimum absolute atomic E-state index is 0.149. The van der Waals surface area contributed by atoms with Gasteiger partial charge in [-0.25, -0.2) is 22.0 Å². The molecule has 0 fully saturated rings. The summed E-state index contributed by atoms with van der Waals surface area (Å²) >= 11 is 0. The zero-order chi connectivity index (χ0) is 27.7. The maximum absolute atomic E-state index is 13.7. The number of halogens is 5. The van der Waals surface area contributed by atoms with Crippen molar-refractivity contribution >= 4 is 0 Å². The molecule has 1 aromatic carbocycles. The highest BCUT2D eigenvalue weighted by Gasteiger charge is 2.36. The van der Waals surface area contributed by atoms with E-state index in [0.717, 1.165) is 57.8 Å². The van der Waals surface area contributed by atoms with E-state index >= 15 is 0 Å². The minimum Gasteiger partial charge on any atom is -0.353 e. The SMILES string of the molecule is CCCCCCCCC(CCCCCCCCCCc1c(F)c(F)c(F)c(F)c1F)C(CC)(OC)OC. The molecule has 0 N–H and O–H groups in total. The van der Waals surface area contributed by atoms with Gasteiger partial charge in [-0.1, -0.05) is 97.3 Å². The zero-order valence-electron chi connectivity index (χ0n) is 23.5. The van der Waals surface area contributed by atoms with Gasteiger partial charge in [-0.2, -0.15) is 0 Å². The first-order valence-electron chi connectivity index (χ1n) is 14.4. The number of unbranched alkanes of at least 4 members (excludes halogenated alkanes) is 12. The molecule has 7 heteroatoms. The molecule has 1 atom stereocenters. The average Bonchev–Trinajstić information content (AvgIpc) is 2.91. The second-order valence-corrected chi connectivity index (χ2v) is 10.2. The van der Waals surface area contributed by atoms with Crippen molar-refractivity contribution in [2.45, 2.75) is 135 Å². The van der Waals surface area contributed by atoms with Crippen LogP contribution in [-0.4, -0.2) is 20.0 Å². The Kier molecular flexibility index (Phi) is 17.3. The van der Waals surface area contributed by atoms with Gasteiger partial charge in [0, 0.05) is 25.7 Å². The van der Waals surface area contributed by atoms with Gasteiger partial charge in [0.1, 0.15) is 0 Å². The van der Waals surface area contributed by atoms with Crippen LogP contribution in [0.1, 0.15) is 129 Å². The Hall–Kier alpha value is -1.21. The van der Waals surface area contributed by atoms with Crippen molar-refractivity contribution in [3.05, 3.63) is 34.6 Å². The summed E-state index contributed by atoms with van der Waals surface area (Å²) in [4.78, 5) is 0. The van der Waals surface area contributed by atoms with Crippen LogP contribution in [0.4, 0.5) is 22.0 Å². The highest BCUT2D eigenvalue weighted by Crippen LogP contribution is 2.35. The molecule has 0 aromatic heterocycles. The van der Waals surface area contributed by atoms with Gasteiger partial charge in [0.05, 0.1) is 0 Å². The van der Waals surface area contributed by atoms with Crippen LogP contribution < -0.4 is 0 Å². The molecule has 0 amide bonds. The Bertz CT molecular complexity index is 715. The standard InChI is InChI=1S/C30H49F5O2/c1-5-7-8-9-14-17-20-23(30(6-2,36-3)37-4)21-18-15-12-10-11-13-16-19-22-24-25(31)27(33)29(35)28(34)26(24)32/h23H,5-22H2,1-4H3. The molecule has 1 rings (SSSR count). The third-order valence-corrected chi connectivity index (χ3v) is 7.74. The summed E-state index contributed by atoms with van der Waals surface area (Å²) in [7, 11) is 3.49. The predicted octanol–water partition coefficient (Wildman–Crippen LogP) is 10.2. The van der Waals surface area contributed by atoms with Crippen LogP contribution in [0.5, 0.6) is 0 Å². The van der Waals surface area contributed by atoms with Gasteiger partial charge >= 0.3 is 0 Å². The quantitative estimate of drug-likeness (QED) is 0.0482. The van der Waals surface area contributed by atoms with Crippen LogP contribution in [0.25, 0.3) is 0 Å². The molecule has 216 valence electrons. The normalized spacial score (nSPS) is 12.9. The first-order chi connectivity index (χ1) is 17.8. The third kappa shape index (κ3) is 10.8. The van der Waals surface area contributed by atoms with Crippen molar-refractivity contribution in [2.24, 2.45) is 5.92 Å². The Morgan fingerprint density at radius 3 is 1.32 bits per heavy atom. The maximum atomic E-state index is 13.7. The fraction of sp³-hybridized carbons (Fsp3) is 0.800. The van der Waals surface area contributed by atoms with E-state index < -0.39 is 40.4 Å². The minimum atomic E-state index is -2.10. The van der Waals surface area contributed by atoms with Crippen molar-refractivity contribution in [3.63, 3.8) is 0 Å². The molecule has 0 heterocycles. The van der Waals surface area contributed by atoms with E-state index in [1.54, 1.807) is 14.2 Å². The van der Waals surface area contributed by atoms with Gasteiger partial charge in [0.2, 0.25) is 5.82 Å². The van der Waals surface area contributed by atoms with E-state index in [-0.39, 0.29) is 6.42 Å². The van der Waals surface area contributed by atoms with E-state index in [9.17, 15) is 22.0 Å². The smallest absolute Gasteiger partial charge is 0.200 e. The molecule has 37 heavy (non-hydrogen) atoms. The first kappa shape index (κ1) is 33.8. The second kappa shape index (κ2) is 18.9. The molecular formula is C30H49F5O2. The van der Waals surface area contributed by atoms with Crippen LogP contribution >= 0.6 is 0 Å². The van der Waals surface area contributed by atoms with E-state index in [2.05, 4.69) is 13.8 Å². The van der Waals surface area contributed by atoms with Crippen molar-refractivity contribution in [3.8, 4) is 0 Å². The Morgan fingerprint density at radius 2 is 0.919 bits per heavy atom. The summed E-state index contributed by atoms with van der Waals surface area (Å²) < 4.78 is 79.0. The van der Waals surface area contributed by atoms with Crippen LogP contribution in [0.15, 0.2) is 0 Å². The molecule has 1 unspecified atom stereocenters. The van der Waals surface area contributed by atoms with E-state index in [0.29, 0.717) is 18.8 Å². The van der Waals surface area contributed by atoms with Crippen LogP contribution in [0.3, 0.4) is 0 Å². The summed E-state index contributed by atoms with van der Waals surface area (Å²) in [6.07, 6.45) is 17.9. The fourth-order valence-corrected chi connectivity index (χ4v) is 5.37. The molecule has 0 aliphatic heterocycles. The Morgan fingerprint density at radius 1 is 0.541 bits per heavy atom. The molecule has 0 bridgehead atoms. The zero-order valence-corrected chi connectivity index (χ0v) is 23.5. The Balaban J connectivity index is 2.30. The van der Waals surface area contributed by atoms with Crippen LogP contribution in [0.2, 0.25) is 0 Å². The highest BCUT2D eigenvalue weighted by molar-refractivity contribution is 5.24. The molecule has 0 aliphatic carbocycles. The van der Waals surface area contributed by atoms with Crippen LogP contribution in [-0.2, 0) is 15.9 Å². The number of benzene rings is 1. The van der Waals surface area contributed by atoms with Gasteiger partial charge in [0.15, 0.2) is 29.1 Å². The Labute approximate surface area is 221 Å². The van der Waals surface area contributed by atoms with E-state index in [1.807, 2.05) is 0 Å². The predicted molar refractivity (Wildman–Crippen MR) is 140 cm³/mol. The second-order valence-electron chi connectivity index (χ2n) is 10.2. The lowest BCUT2D eigenvalue weighted by atomic mass is 9.85. The van der Waals surface area contributed by atoms with Crippen molar-refractivity contribution in [1.82, 2.24) is 0 Å². The molecule has 0 radical (unpaired) electrons. The monoisotopic (exact) mass is 536 g/mol.